The van der Waals surface area contributed by atoms with E-state index in [9.17, 15) is 13.2 Å². The predicted octanol–water partition coefficient (Wildman–Crippen LogP) is 0.938. The Hall–Kier alpha value is -1.35. The molecule has 1 aliphatic heterocycles. The minimum Gasteiger partial charge on any atom is -0.494 e. The SMILES string of the molecule is COc1c(C(=O)N(C)C)cc(Cl)cc1S(=O)(=O)NCC1CCNC1. The van der Waals surface area contributed by atoms with Crippen LogP contribution in [0.5, 0.6) is 5.75 Å². The second-order valence-corrected chi connectivity index (χ2v) is 8.07. The van der Waals surface area contributed by atoms with Crippen LogP contribution in [0.4, 0.5) is 0 Å². The van der Waals surface area contributed by atoms with Crippen LogP contribution in [0.3, 0.4) is 0 Å². The van der Waals surface area contributed by atoms with Crippen LogP contribution in [0, 0.1) is 5.92 Å². The van der Waals surface area contributed by atoms with E-state index in [1.54, 1.807) is 14.1 Å². The summed E-state index contributed by atoms with van der Waals surface area (Å²) in [5.74, 6) is -0.145. The van der Waals surface area contributed by atoms with Gasteiger partial charge in [0.1, 0.15) is 4.90 Å². The van der Waals surface area contributed by atoms with Crippen molar-refractivity contribution in [3.05, 3.63) is 22.7 Å². The highest BCUT2D eigenvalue weighted by Gasteiger charge is 2.27. The molecule has 2 rings (SSSR count). The molecule has 7 nitrogen and oxygen atoms in total. The number of benzene rings is 1. The number of nitrogens with zero attached hydrogens (tertiary/aromatic N) is 1. The second-order valence-electron chi connectivity index (χ2n) is 5.90. The van der Waals surface area contributed by atoms with Gasteiger partial charge < -0.3 is 15.0 Å². The largest absolute Gasteiger partial charge is 0.494 e. The molecule has 1 amide bonds. The van der Waals surface area contributed by atoms with Crippen molar-refractivity contribution in [3.8, 4) is 5.75 Å². The molecule has 0 aromatic heterocycles. The Kier molecular flexibility index (Phi) is 6.08. The van der Waals surface area contributed by atoms with Crippen molar-refractivity contribution in [3.63, 3.8) is 0 Å². The fourth-order valence-corrected chi connectivity index (χ4v) is 4.19. The van der Waals surface area contributed by atoms with E-state index in [-0.39, 0.29) is 33.1 Å². The molecule has 1 aromatic rings. The van der Waals surface area contributed by atoms with Gasteiger partial charge in [-0.05, 0) is 37.6 Å². The second kappa shape index (κ2) is 7.69. The van der Waals surface area contributed by atoms with Gasteiger partial charge in [0.2, 0.25) is 10.0 Å². The van der Waals surface area contributed by atoms with Gasteiger partial charge in [0.25, 0.3) is 5.91 Å². The standard InChI is InChI=1S/C15H22ClN3O4S/c1-19(2)15(20)12-6-11(16)7-13(14(12)23-3)24(21,22)18-9-10-4-5-17-8-10/h6-7,10,17-18H,4-5,8-9H2,1-3H3. The van der Waals surface area contributed by atoms with Crippen LogP contribution in [0.15, 0.2) is 17.0 Å². The van der Waals surface area contributed by atoms with Gasteiger partial charge in [-0.2, -0.15) is 0 Å². The molecule has 0 spiro atoms. The van der Waals surface area contributed by atoms with Gasteiger partial charge >= 0.3 is 0 Å². The first-order valence-electron chi connectivity index (χ1n) is 7.56. The summed E-state index contributed by atoms with van der Waals surface area (Å²) in [6.07, 6.45) is 0.916. The fraction of sp³-hybridized carbons (Fsp3) is 0.533. The van der Waals surface area contributed by atoms with Crippen LogP contribution in [0.2, 0.25) is 5.02 Å². The monoisotopic (exact) mass is 375 g/mol. The Balaban J connectivity index is 2.38. The van der Waals surface area contributed by atoms with Crippen molar-refractivity contribution in [2.75, 3.05) is 40.8 Å². The number of hydrogen-bond donors (Lipinski definition) is 2. The molecule has 0 radical (unpaired) electrons. The smallest absolute Gasteiger partial charge is 0.257 e. The van der Waals surface area contributed by atoms with E-state index in [0.717, 1.165) is 19.5 Å². The molecular formula is C15H22ClN3O4S. The maximum absolute atomic E-state index is 12.7. The molecule has 1 heterocycles. The Bertz CT molecular complexity index is 716. The average molecular weight is 376 g/mol. The van der Waals surface area contributed by atoms with Crippen LogP contribution in [-0.4, -0.2) is 60.1 Å². The highest BCUT2D eigenvalue weighted by Crippen LogP contribution is 2.32. The van der Waals surface area contributed by atoms with E-state index in [0.29, 0.717) is 6.54 Å². The summed E-state index contributed by atoms with van der Waals surface area (Å²) < 4.78 is 33.1. The maximum Gasteiger partial charge on any atom is 0.257 e. The summed E-state index contributed by atoms with van der Waals surface area (Å²) in [4.78, 5) is 13.5. The van der Waals surface area contributed by atoms with Crippen molar-refractivity contribution in [1.29, 1.82) is 0 Å². The Morgan fingerprint density at radius 3 is 2.71 bits per heavy atom. The lowest BCUT2D eigenvalue weighted by atomic mass is 10.1. The van der Waals surface area contributed by atoms with Crippen LogP contribution in [0.1, 0.15) is 16.8 Å². The number of hydrogen-bond acceptors (Lipinski definition) is 5. The molecule has 0 aliphatic carbocycles. The third kappa shape index (κ3) is 4.18. The minimum absolute atomic E-state index is 0.00449. The fourth-order valence-electron chi connectivity index (χ4n) is 2.57. The molecule has 1 atom stereocenters. The number of halogens is 1. The van der Waals surface area contributed by atoms with Crippen LogP contribution >= 0.6 is 11.6 Å². The first-order chi connectivity index (χ1) is 11.3. The number of nitrogens with one attached hydrogen (secondary N) is 2. The quantitative estimate of drug-likeness (QED) is 0.772. The zero-order valence-electron chi connectivity index (χ0n) is 13.9. The third-order valence-electron chi connectivity index (χ3n) is 3.87. The first kappa shape index (κ1) is 19.0. The van der Waals surface area contributed by atoms with Crippen molar-refractivity contribution in [2.24, 2.45) is 5.92 Å². The number of methoxy groups -OCH3 is 1. The topological polar surface area (TPSA) is 87.7 Å². The number of carbonyl (C=O) groups excluding carboxylic acids is 1. The molecule has 1 unspecified atom stereocenters. The van der Waals surface area contributed by atoms with E-state index < -0.39 is 10.0 Å². The third-order valence-corrected chi connectivity index (χ3v) is 5.52. The van der Waals surface area contributed by atoms with Crippen LogP contribution in [-0.2, 0) is 10.0 Å². The van der Waals surface area contributed by atoms with Gasteiger partial charge in [-0.15, -0.1) is 0 Å². The highest BCUT2D eigenvalue weighted by molar-refractivity contribution is 7.89. The van der Waals surface area contributed by atoms with Gasteiger partial charge in [-0.3, -0.25) is 4.79 Å². The van der Waals surface area contributed by atoms with Crippen molar-refractivity contribution >= 4 is 27.5 Å². The number of ether oxygens (including phenoxy) is 1. The summed E-state index contributed by atoms with van der Waals surface area (Å²) >= 11 is 6.03. The lowest BCUT2D eigenvalue weighted by Gasteiger charge is -2.18. The molecule has 2 N–H and O–H groups in total. The molecule has 24 heavy (non-hydrogen) atoms. The Morgan fingerprint density at radius 1 is 1.46 bits per heavy atom. The summed E-state index contributed by atoms with van der Waals surface area (Å²) in [5, 5.41) is 3.34. The molecule has 1 fully saturated rings. The molecule has 134 valence electrons. The average Bonchev–Trinajstić information content (AvgIpc) is 3.04. The summed E-state index contributed by atoms with van der Waals surface area (Å²) in [5.41, 5.74) is 0.109. The molecule has 9 heteroatoms. The summed E-state index contributed by atoms with van der Waals surface area (Å²) in [7, 11) is 0.620. The number of amides is 1. The van der Waals surface area contributed by atoms with Gasteiger partial charge in [-0.25, -0.2) is 13.1 Å². The lowest BCUT2D eigenvalue weighted by Crippen LogP contribution is -2.31. The molecule has 1 aromatic carbocycles. The molecule has 1 aliphatic rings. The molecule has 0 saturated carbocycles. The van der Waals surface area contributed by atoms with Gasteiger partial charge in [0.05, 0.1) is 12.7 Å². The van der Waals surface area contributed by atoms with Crippen molar-refractivity contribution in [1.82, 2.24) is 14.9 Å². The van der Waals surface area contributed by atoms with Gasteiger partial charge in [0, 0.05) is 25.7 Å². The van der Waals surface area contributed by atoms with Gasteiger partial charge in [-0.1, -0.05) is 11.6 Å². The van der Waals surface area contributed by atoms with E-state index in [1.165, 1.54) is 24.1 Å². The normalized spacial score (nSPS) is 17.8. The zero-order valence-corrected chi connectivity index (χ0v) is 15.5. The maximum atomic E-state index is 12.7. The number of carbonyl (C=O) groups is 1. The number of sulfonamides is 1. The number of rotatable bonds is 6. The Labute approximate surface area is 147 Å². The highest BCUT2D eigenvalue weighted by atomic mass is 35.5. The van der Waals surface area contributed by atoms with Crippen molar-refractivity contribution < 1.29 is 17.9 Å². The first-order valence-corrected chi connectivity index (χ1v) is 9.42. The van der Waals surface area contributed by atoms with Crippen molar-refractivity contribution in [2.45, 2.75) is 11.3 Å². The molecular weight excluding hydrogens is 354 g/mol. The molecule has 1 saturated heterocycles. The zero-order chi connectivity index (χ0) is 17.9. The Morgan fingerprint density at radius 2 is 2.17 bits per heavy atom. The predicted molar refractivity (Wildman–Crippen MR) is 92.2 cm³/mol. The van der Waals surface area contributed by atoms with Crippen LogP contribution < -0.4 is 14.8 Å². The van der Waals surface area contributed by atoms with E-state index >= 15 is 0 Å². The minimum atomic E-state index is -3.85. The summed E-state index contributed by atoms with van der Waals surface area (Å²) in [6.45, 7) is 1.98. The van der Waals surface area contributed by atoms with Gasteiger partial charge in [0.15, 0.2) is 5.75 Å². The van der Waals surface area contributed by atoms with E-state index in [1.807, 2.05) is 0 Å². The van der Waals surface area contributed by atoms with Crippen LogP contribution in [0.25, 0.3) is 0 Å². The van der Waals surface area contributed by atoms with E-state index in [4.69, 9.17) is 16.3 Å². The molecule has 0 bridgehead atoms. The van der Waals surface area contributed by atoms with E-state index in [2.05, 4.69) is 10.0 Å². The lowest BCUT2D eigenvalue weighted by molar-refractivity contribution is 0.0824. The summed E-state index contributed by atoms with van der Waals surface area (Å²) in [6, 6.07) is 2.70.